The molecule has 0 unspecified atom stereocenters. The molecule has 1 aliphatic heterocycles. The first-order chi connectivity index (χ1) is 10.2. The van der Waals surface area contributed by atoms with Gasteiger partial charge in [0.05, 0.1) is 18.4 Å². The maximum absolute atomic E-state index is 13.1. The first-order valence-corrected chi connectivity index (χ1v) is 6.95. The molecule has 110 valence electrons. The van der Waals surface area contributed by atoms with Gasteiger partial charge in [-0.05, 0) is 42.7 Å². The zero-order chi connectivity index (χ0) is 14.7. The monoisotopic (exact) mass is 289 g/mol. The molecule has 0 aliphatic carbocycles. The van der Waals surface area contributed by atoms with E-state index in [1.165, 1.54) is 18.4 Å². The van der Waals surface area contributed by atoms with E-state index >= 15 is 0 Å². The number of hydrogen-bond donors (Lipinski definition) is 1. The van der Waals surface area contributed by atoms with Gasteiger partial charge in [-0.15, -0.1) is 0 Å². The lowest BCUT2D eigenvalue weighted by Crippen LogP contribution is -2.36. The number of benzene rings is 1. The Morgan fingerprint density at radius 3 is 2.71 bits per heavy atom. The number of carbonyl (C=O) groups excluding carboxylic acids is 1. The second-order valence-electron chi connectivity index (χ2n) is 5.03. The van der Waals surface area contributed by atoms with Gasteiger partial charge < -0.3 is 14.5 Å². The molecule has 0 radical (unpaired) electrons. The molecule has 2 heterocycles. The quantitative estimate of drug-likeness (QED) is 0.941. The van der Waals surface area contributed by atoms with Gasteiger partial charge in [0.2, 0.25) is 0 Å². The average Bonchev–Trinajstić information content (AvgIpc) is 3.19. The molecule has 0 saturated carbocycles. The molecule has 21 heavy (non-hydrogen) atoms. The molecule has 1 aromatic heterocycles. The lowest BCUT2D eigenvalue weighted by atomic mass is 9.99. The molecule has 0 bridgehead atoms. The van der Waals surface area contributed by atoms with Crippen LogP contribution in [0, 0.1) is 5.82 Å². The number of amides is 1. The van der Waals surface area contributed by atoms with Gasteiger partial charge in [0.1, 0.15) is 5.82 Å². The van der Waals surface area contributed by atoms with Crippen LogP contribution in [-0.2, 0) is 4.74 Å². The predicted molar refractivity (Wildman–Crippen MR) is 74.3 cm³/mol. The second-order valence-corrected chi connectivity index (χ2v) is 5.03. The predicted octanol–water partition coefficient (Wildman–Crippen LogP) is 3.07. The molecule has 0 spiro atoms. The summed E-state index contributed by atoms with van der Waals surface area (Å²) in [5.74, 6) is -0.355. The fourth-order valence-corrected chi connectivity index (χ4v) is 2.55. The molecule has 4 nitrogen and oxygen atoms in total. The highest BCUT2D eigenvalue weighted by molar-refractivity contribution is 5.91. The van der Waals surface area contributed by atoms with Crippen LogP contribution in [0.25, 0.3) is 0 Å². The molecular formula is C16H16FNO3. The molecule has 1 aromatic carbocycles. The number of nitrogens with one attached hydrogen (secondary N) is 1. The SMILES string of the molecule is O=C(N[C@H](c1ccc(F)cc1)[C@@H]1CCCO1)c1ccco1. The van der Waals surface area contributed by atoms with Crippen LogP contribution in [0.4, 0.5) is 4.39 Å². The van der Waals surface area contributed by atoms with E-state index in [1.54, 1.807) is 24.3 Å². The van der Waals surface area contributed by atoms with E-state index < -0.39 is 0 Å². The van der Waals surface area contributed by atoms with E-state index in [0.29, 0.717) is 6.61 Å². The van der Waals surface area contributed by atoms with E-state index in [1.807, 2.05) is 0 Å². The first-order valence-electron chi connectivity index (χ1n) is 6.95. The Bertz CT molecular complexity index is 588. The fourth-order valence-electron chi connectivity index (χ4n) is 2.55. The van der Waals surface area contributed by atoms with Crippen LogP contribution in [0.2, 0.25) is 0 Å². The van der Waals surface area contributed by atoms with Crippen molar-refractivity contribution >= 4 is 5.91 Å². The minimum Gasteiger partial charge on any atom is -0.459 e. The van der Waals surface area contributed by atoms with Crippen LogP contribution in [0.1, 0.15) is 35.0 Å². The minimum absolute atomic E-state index is 0.102. The molecule has 1 fully saturated rings. The second kappa shape index (κ2) is 6.10. The van der Waals surface area contributed by atoms with Gasteiger partial charge >= 0.3 is 0 Å². The smallest absolute Gasteiger partial charge is 0.287 e. The summed E-state index contributed by atoms with van der Waals surface area (Å²) in [6.07, 6.45) is 3.17. The topological polar surface area (TPSA) is 51.5 Å². The van der Waals surface area contributed by atoms with Gasteiger partial charge in [-0.3, -0.25) is 4.79 Å². The minimum atomic E-state index is -0.314. The molecule has 1 saturated heterocycles. The Hall–Kier alpha value is -2.14. The van der Waals surface area contributed by atoms with Crippen LogP contribution in [-0.4, -0.2) is 18.6 Å². The number of hydrogen-bond acceptors (Lipinski definition) is 3. The van der Waals surface area contributed by atoms with Crippen molar-refractivity contribution < 1.29 is 18.3 Å². The summed E-state index contributed by atoms with van der Waals surface area (Å²) in [4.78, 5) is 12.2. The summed E-state index contributed by atoms with van der Waals surface area (Å²) in [6, 6.07) is 9.06. The number of furan rings is 1. The molecule has 1 N–H and O–H groups in total. The van der Waals surface area contributed by atoms with E-state index in [9.17, 15) is 9.18 Å². The van der Waals surface area contributed by atoms with Crippen molar-refractivity contribution in [2.24, 2.45) is 0 Å². The van der Waals surface area contributed by atoms with Crippen molar-refractivity contribution in [1.29, 1.82) is 0 Å². The van der Waals surface area contributed by atoms with Crippen LogP contribution < -0.4 is 5.32 Å². The van der Waals surface area contributed by atoms with Crippen LogP contribution in [0.5, 0.6) is 0 Å². The van der Waals surface area contributed by atoms with E-state index in [2.05, 4.69) is 5.32 Å². The van der Waals surface area contributed by atoms with Crippen molar-refractivity contribution in [3.8, 4) is 0 Å². The summed E-state index contributed by atoms with van der Waals surface area (Å²) in [6.45, 7) is 0.680. The van der Waals surface area contributed by atoms with E-state index in [4.69, 9.17) is 9.15 Å². The van der Waals surface area contributed by atoms with Gasteiger partial charge in [-0.25, -0.2) is 4.39 Å². The molecular weight excluding hydrogens is 273 g/mol. The Morgan fingerprint density at radius 1 is 1.29 bits per heavy atom. The Labute approximate surface area is 121 Å². The van der Waals surface area contributed by atoms with Crippen molar-refractivity contribution in [1.82, 2.24) is 5.32 Å². The third-order valence-electron chi connectivity index (χ3n) is 3.60. The Kier molecular flexibility index (Phi) is 4.01. The maximum Gasteiger partial charge on any atom is 0.287 e. The molecule has 1 aliphatic rings. The summed E-state index contributed by atoms with van der Waals surface area (Å²) in [5.41, 5.74) is 0.822. The number of rotatable bonds is 4. The van der Waals surface area contributed by atoms with Gasteiger partial charge in [0.25, 0.3) is 5.91 Å². The zero-order valence-corrected chi connectivity index (χ0v) is 11.4. The molecule has 5 heteroatoms. The lowest BCUT2D eigenvalue weighted by molar-refractivity contribution is 0.0658. The van der Waals surface area contributed by atoms with Gasteiger partial charge in [0, 0.05) is 6.61 Å². The molecule has 2 aromatic rings. The highest BCUT2D eigenvalue weighted by Crippen LogP contribution is 2.27. The average molecular weight is 289 g/mol. The van der Waals surface area contributed by atoms with Crippen molar-refractivity contribution in [2.75, 3.05) is 6.61 Å². The van der Waals surface area contributed by atoms with Crippen LogP contribution >= 0.6 is 0 Å². The number of ether oxygens (including phenoxy) is 1. The molecule has 3 rings (SSSR count). The summed E-state index contributed by atoms with van der Waals surface area (Å²) < 4.78 is 23.9. The Balaban J connectivity index is 1.82. The van der Waals surface area contributed by atoms with Crippen molar-refractivity contribution in [3.63, 3.8) is 0 Å². The van der Waals surface area contributed by atoms with Gasteiger partial charge in [-0.1, -0.05) is 12.1 Å². The summed E-state index contributed by atoms with van der Waals surface area (Å²) >= 11 is 0. The third-order valence-corrected chi connectivity index (χ3v) is 3.60. The Morgan fingerprint density at radius 2 is 2.10 bits per heavy atom. The van der Waals surface area contributed by atoms with Crippen molar-refractivity contribution in [3.05, 3.63) is 59.8 Å². The molecule has 1 amide bonds. The maximum atomic E-state index is 13.1. The van der Waals surface area contributed by atoms with Crippen LogP contribution in [0.3, 0.4) is 0 Å². The normalized spacial score (nSPS) is 19.4. The van der Waals surface area contributed by atoms with Gasteiger partial charge in [-0.2, -0.15) is 0 Å². The van der Waals surface area contributed by atoms with E-state index in [-0.39, 0.29) is 29.6 Å². The largest absolute Gasteiger partial charge is 0.459 e. The van der Waals surface area contributed by atoms with Gasteiger partial charge in [0.15, 0.2) is 5.76 Å². The fraction of sp³-hybridized carbons (Fsp3) is 0.312. The van der Waals surface area contributed by atoms with E-state index in [0.717, 1.165) is 18.4 Å². The third kappa shape index (κ3) is 3.13. The number of carbonyl (C=O) groups is 1. The summed E-state index contributed by atoms with van der Waals surface area (Å²) in [5, 5.41) is 2.92. The van der Waals surface area contributed by atoms with Crippen LogP contribution in [0.15, 0.2) is 47.1 Å². The number of halogens is 1. The first kappa shape index (κ1) is 13.8. The highest BCUT2D eigenvalue weighted by atomic mass is 19.1. The summed E-state index contributed by atoms with van der Waals surface area (Å²) in [7, 11) is 0. The molecule has 2 atom stereocenters. The highest BCUT2D eigenvalue weighted by Gasteiger charge is 2.29. The van der Waals surface area contributed by atoms with Crippen molar-refractivity contribution in [2.45, 2.75) is 25.0 Å². The zero-order valence-electron chi connectivity index (χ0n) is 11.4. The lowest BCUT2D eigenvalue weighted by Gasteiger charge is -2.24. The standard InChI is InChI=1S/C16H16FNO3/c17-12-7-5-11(6-8-12)15(13-3-1-9-20-13)18-16(19)14-4-2-10-21-14/h2,4-8,10,13,15H,1,3,9H2,(H,18,19)/t13-,15+/m0/s1.